The summed E-state index contributed by atoms with van der Waals surface area (Å²) in [5.41, 5.74) is 0.490. The predicted octanol–water partition coefficient (Wildman–Crippen LogP) is 3.43. The molecule has 0 saturated heterocycles. The van der Waals surface area contributed by atoms with Gasteiger partial charge in [-0.25, -0.2) is 9.59 Å². The molecule has 0 saturated carbocycles. The van der Waals surface area contributed by atoms with E-state index in [0.29, 0.717) is 27.4 Å². The molecule has 0 radical (unpaired) electrons. The highest BCUT2D eigenvalue weighted by atomic mass is 79.9. The van der Waals surface area contributed by atoms with Crippen LogP contribution in [0.3, 0.4) is 0 Å². The Morgan fingerprint density at radius 1 is 1.50 bits per heavy atom. The lowest BCUT2D eigenvalue weighted by Gasteiger charge is -2.14. The molecule has 3 N–H and O–H groups in total. The number of rotatable bonds is 6. The third kappa shape index (κ3) is 5.60. The number of carboxylic acid groups (broad SMARTS) is 1. The van der Waals surface area contributed by atoms with Gasteiger partial charge < -0.3 is 15.7 Å². The molecule has 0 aromatic heterocycles. The standard InChI is InChI=1S/C12H14BrClN2O3S/c1-20-5-4-10(11(17)18)16-12(19)15-7-2-3-8(13)9(14)6-7/h2-3,6,10H,4-5H2,1H3,(H,17,18)(H2,15,16,19). The zero-order chi connectivity index (χ0) is 15.1. The number of carbonyl (C=O) groups is 2. The van der Waals surface area contributed by atoms with Gasteiger partial charge in [0.1, 0.15) is 6.04 Å². The second kappa shape index (κ2) is 8.39. The number of amides is 2. The van der Waals surface area contributed by atoms with Gasteiger partial charge in [0.05, 0.1) is 5.02 Å². The Balaban J connectivity index is 2.60. The third-order valence-electron chi connectivity index (χ3n) is 2.39. The fourth-order valence-electron chi connectivity index (χ4n) is 1.39. The lowest BCUT2D eigenvalue weighted by molar-refractivity contribution is -0.139. The summed E-state index contributed by atoms with van der Waals surface area (Å²) in [6, 6.07) is 3.45. The Morgan fingerprint density at radius 3 is 2.75 bits per heavy atom. The zero-order valence-corrected chi connectivity index (χ0v) is 13.8. The fourth-order valence-corrected chi connectivity index (χ4v) is 2.29. The van der Waals surface area contributed by atoms with E-state index in [1.165, 1.54) is 11.8 Å². The van der Waals surface area contributed by atoms with Gasteiger partial charge in [0.2, 0.25) is 0 Å². The minimum atomic E-state index is -1.05. The van der Waals surface area contributed by atoms with E-state index in [9.17, 15) is 9.59 Å². The number of thioether (sulfide) groups is 1. The number of aliphatic carboxylic acids is 1. The second-order valence-electron chi connectivity index (χ2n) is 3.90. The number of carbonyl (C=O) groups excluding carboxylic acids is 1. The Hall–Kier alpha value is -0.920. The normalized spacial score (nSPS) is 11.8. The quantitative estimate of drug-likeness (QED) is 0.705. The van der Waals surface area contributed by atoms with E-state index >= 15 is 0 Å². The largest absolute Gasteiger partial charge is 0.480 e. The van der Waals surface area contributed by atoms with Gasteiger partial charge in [0.15, 0.2) is 0 Å². The van der Waals surface area contributed by atoms with Crippen LogP contribution in [0.5, 0.6) is 0 Å². The number of hydrogen-bond acceptors (Lipinski definition) is 3. The molecule has 0 aliphatic heterocycles. The second-order valence-corrected chi connectivity index (χ2v) is 6.15. The van der Waals surface area contributed by atoms with Gasteiger partial charge >= 0.3 is 12.0 Å². The van der Waals surface area contributed by atoms with Gasteiger partial charge in [-0.05, 0) is 52.6 Å². The van der Waals surface area contributed by atoms with Crippen molar-refractivity contribution in [2.75, 3.05) is 17.3 Å². The molecule has 1 atom stereocenters. The number of urea groups is 1. The number of benzene rings is 1. The summed E-state index contributed by atoms with van der Waals surface area (Å²) < 4.78 is 0.716. The van der Waals surface area contributed by atoms with E-state index in [1.807, 2.05) is 6.26 Å². The third-order valence-corrected chi connectivity index (χ3v) is 4.27. The number of hydrogen-bond donors (Lipinski definition) is 3. The van der Waals surface area contributed by atoms with Crippen molar-refractivity contribution in [3.8, 4) is 0 Å². The lowest BCUT2D eigenvalue weighted by Crippen LogP contribution is -2.43. The van der Waals surface area contributed by atoms with Crippen LogP contribution in [0.4, 0.5) is 10.5 Å². The molecule has 0 bridgehead atoms. The van der Waals surface area contributed by atoms with Crippen molar-refractivity contribution < 1.29 is 14.7 Å². The first-order valence-corrected chi connectivity index (χ1v) is 8.25. The molecule has 110 valence electrons. The summed E-state index contributed by atoms with van der Waals surface area (Å²) in [5, 5.41) is 14.4. The van der Waals surface area contributed by atoms with Crippen molar-refractivity contribution in [2.45, 2.75) is 12.5 Å². The van der Waals surface area contributed by atoms with Crippen LogP contribution in [0.1, 0.15) is 6.42 Å². The first-order chi connectivity index (χ1) is 9.43. The molecule has 0 spiro atoms. The molecule has 0 aliphatic rings. The van der Waals surface area contributed by atoms with Crippen LogP contribution in [0.2, 0.25) is 5.02 Å². The number of carboxylic acids is 1. The van der Waals surface area contributed by atoms with Crippen molar-refractivity contribution in [1.29, 1.82) is 0 Å². The van der Waals surface area contributed by atoms with Gasteiger partial charge in [-0.3, -0.25) is 0 Å². The van der Waals surface area contributed by atoms with Gasteiger partial charge in [0, 0.05) is 10.2 Å². The highest BCUT2D eigenvalue weighted by Gasteiger charge is 2.19. The van der Waals surface area contributed by atoms with Crippen LogP contribution >= 0.6 is 39.3 Å². The molecule has 0 aliphatic carbocycles. The maximum atomic E-state index is 11.7. The highest BCUT2D eigenvalue weighted by Crippen LogP contribution is 2.25. The van der Waals surface area contributed by atoms with E-state index in [0.717, 1.165) is 0 Å². The molecule has 1 aromatic rings. The fraction of sp³-hybridized carbons (Fsp3) is 0.333. The smallest absolute Gasteiger partial charge is 0.326 e. The number of nitrogens with one attached hydrogen (secondary N) is 2. The molecule has 1 aromatic carbocycles. The minimum Gasteiger partial charge on any atom is -0.480 e. The average molecular weight is 382 g/mol. The average Bonchev–Trinajstić information content (AvgIpc) is 2.38. The Morgan fingerprint density at radius 2 is 2.20 bits per heavy atom. The Labute approximate surface area is 134 Å². The van der Waals surface area contributed by atoms with Crippen LogP contribution in [-0.4, -0.2) is 35.2 Å². The molecule has 8 heteroatoms. The molecule has 1 unspecified atom stereocenters. The van der Waals surface area contributed by atoms with E-state index in [2.05, 4.69) is 26.6 Å². The Kier molecular flexibility index (Phi) is 7.18. The van der Waals surface area contributed by atoms with Gasteiger partial charge in [-0.2, -0.15) is 11.8 Å². The van der Waals surface area contributed by atoms with Gasteiger partial charge in [-0.1, -0.05) is 11.6 Å². The van der Waals surface area contributed by atoms with E-state index in [1.54, 1.807) is 18.2 Å². The van der Waals surface area contributed by atoms with Crippen molar-refractivity contribution in [3.05, 3.63) is 27.7 Å². The molecule has 1 rings (SSSR count). The topological polar surface area (TPSA) is 78.4 Å². The molecule has 2 amide bonds. The predicted molar refractivity (Wildman–Crippen MR) is 85.7 cm³/mol. The Bertz CT molecular complexity index is 502. The van der Waals surface area contributed by atoms with E-state index in [4.69, 9.17) is 16.7 Å². The van der Waals surface area contributed by atoms with Crippen LogP contribution in [0, 0.1) is 0 Å². The number of anilines is 1. The summed E-state index contributed by atoms with van der Waals surface area (Å²) in [6.45, 7) is 0. The van der Waals surface area contributed by atoms with Crippen LogP contribution in [0.25, 0.3) is 0 Å². The summed E-state index contributed by atoms with van der Waals surface area (Å²) in [5.74, 6) is -0.399. The van der Waals surface area contributed by atoms with Gasteiger partial charge in [0.25, 0.3) is 0 Å². The molecular weight excluding hydrogens is 368 g/mol. The molecule has 20 heavy (non-hydrogen) atoms. The SMILES string of the molecule is CSCCC(NC(=O)Nc1ccc(Br)c(Cl)c1)C(=O)O. The molecule has 0 heterocycles. The molecule has 0 fully saturated rings. The van der Waals surface area contributed by atoms with Crippen molar-refractivity contribution >= 4 is 57.0 Å². The minimum absolute atomic E-state index is 0.366. The van der Waals surface area contributed by atoms with Gasteiger partial charge in [-0.15, -0.1) is 0 Å². The first-order valence-electron chi connectivity index (χ1n) is 5.68. The van der Waals surface area contributed by atoms with Crippen molar-refractivity contribution in [1.82, 2.24) is 5.32 Å². The van der Waals surface area contributed by atoms with Crippen LogP contribution < -0.4 is 10.6 Å². The van der Waals surface area contributed by atoms with Crippen molar-refractivity contribution in [2.24, 2.45) is 0 Å². The summed E-state index contributed by atoms with van der Waals surface area (Å²) >= 11 is 10.7. The van der Waals surface area contributed by atoms with Crippen molar-refractivity contribution in [3.63, 3.8) is 0 Å². The first kappa shape index (κ1) is 17.1. The van der Waals surface area contributed by atoms with Crippen LogP contribution in [-0.2, 0) is 4.79 Å². The number of halogens is 2. The lowest BCUT2D eigenvalue weighted by atomic mass is 10.2. The van der Waals surface area contributed by atoms with Crippen LogP contribution in [0.15, 0.2) is 22.7 Å². The summed E-state index contributed by atoms with van der Waals surface area (Å²) in [7, 11) is 0. The molecule has 5 nitrogen and oxygen atoms in total. The highest BCUT2D eigenvalue weighted by molar-refractivity contribution is 9.10. The maximum Gasteiger partial charge on any atom is 0.326 e. The monoisotopic (exact) mass is 380 g/mol. The van der Waals surface area contributed by atoms with E-state index in [-0.39, 0.29) is 0 Å². The van der Waals surface area contributed by atoms with E-state index < -0.39 is 18.0 Å². The summed E-state index contributed by atoms with van der Waals surface area (Å²) in [4.78, 5) is 22.8. The zero-order valence-electron chi connectivity index (χ0n) is 10.7. The molecular formula is C12H14BrClN2O3S. The summed E-state index contributed by atoms with van der Waals surface area (Å²) in [6.07, 6.45) is 2.24. The maximum absolute atomic E-state index is 11.7.